The molecule has 31 heavy (non-hydrogen) atoms. The van der Waals surface area contributed by atoms with E-state index in [1.54, 1.807) is 4.90 Å². The van der Waals surface area contributed by atoms with Gasteiger partial charge in [0.05, 0.1) is 15.1 Å². The molecule has 1 fully saturated rings. The van der Waals surface area contributed by atoms with Crippen LogP contribution in [0, 0.1) is 10.5 Å². The summed E-state index contributed by atoms with van der Waals surface area (Å²) in [4.78, 5) is 19.6. The zero-order chi connectivity index (χ0) is 22.4. The number of hydrogen-bond donors (Lipinski definition) is 0. The molecule has 164 valence electrons. The van der Waals surface area contributed by atoms with Gasteiger partial charge in [0.1, 0.15) is 6.61 Å². The van der Waals surface area contributed by atoms with Gasteiger partial charge in [-0.15, -0.1) is 0 Å². The molecule has 3 rings (SSSR count). The maximum absolute atomic E-state index is 12.8. The average molecular weight is 550 g/mol. The molecule has 0 N–H and O–H groups in total. The normalized spacial score (nSPS) is 16.4. The van der Waals surface area contributed by atoms with E-state index in [0.717, 1.165) is 25.6 Å². The number of hydrogen-bond acceptors (Lipinski definition) is 5. The number of rotatable bonds is 8. The van der Waals surface area contributed by atoms with E-state index in [1.165, 1.54) is 17.3 Å². The third-order valence-electron chi connectivity index (χ3n) is 4.59. The first-order valence-electron chi connectivity index (χ1n) is 10.4. The molecular weight excluding hydrogens is 523 g/mol. The van der Waals surface area contributed by atoms with Crippen molar-refractivity contribution in [2.75, 3.05) is 19.7 Å². The van der Waals surface area contributed by atoms with Gasteiger partial charge >= 0.3 is 0 Å². The Morgan fingerprint density at radius 3 is 2.65 bits per heavy atom. The number of aryl methyl sites for hydroxylation is 1. The number of ether oxygens (including phenoxy) is 2. The van der Waals surface area contributed by atoms with Crippen molar-refractivity contribution < 1.29 is 14.3 Å². The van der Waals surface area contributed by atoms with Crippen molar-refractivity contribution in [1.29, 1.82) is 0 Å². The van der Waals surface area contributed by atoms with Crippen molar-refractivity contribution in [3.8, 4) is 11.5 Å². The Balaban J connectivity index is 1.88. The van der Waals surface area contributed by atoms with Gasteiger partial charge in [-0.1, -0.05) is 29.8 Å². The van der Waals surface area contributed by atoms with Gasteiger partial charge in [-0.3, -0.25) is 14.7 Å². The van der Waals surface area contributed by atoms with Gasteiger partial charge in [-0.2, -0.15) is 0 Å². The molecule has 1 heterocycles. The largest absolute Gasteiger partial charge is 0.490 e. The standard InChI is InChI=1S/C24H27IN2O3S/c1-5-26-24-27(6-2)23(28)21(31-24)14-18-12-19(25)22(20(13-18)29-7-3)30-15-17-10-8-9-16(4)11-17/h8-14H,5-7,15H2,1-4H3/b21-14+,26-24?. The van der Waals surface area contributed by atoms with Gasteiger partial charge < -0.3 is 9.47 Å². The second-order valence-corrected chi connectivity index (χ2v) is 9.13. The molecule has 0 aliphatic carbocycles. The van der Waals surface area contributed by atoms with Crippen LogP contribution in [0.1, 0.15) is 37.5 Å². The van der Waals surface area contributed by atoms with Crippen molar-refractivity contribution in [1.82, 2.24) is 4.90 Å². The fourth-order valence-electron chi connectivity index (χ4n) is 3.22. The molecule has 1 saturated heterocycles. The lowest BCUT2D eigenvalue weighted by atomic mass is 10.1. The fraction of sp³-hybridized carbons (Fsp3) is 0.333. The molecule has 0 aromatic heterocycles. The van der Waals surface area contributed by atoms with Crippen LogP contribution in [0.25, 0.3) is 6.08 Å². The third-order valence-corrected chi connectivity index (χ3v) is 6.44. The monoisotopic (exact) mass is 550 g/mol. The Morgan fingerprint density at radius 1 is 1.16 bits per heavy atom. The molecule has 0 atom stereocenters. The predicted molar refractivity (Wildman–Crippen MR) is 137 cm³/mol. The van der Waals surface area contributed by atoms with Crippen molar-refractivity contribution in [2.45, 2.75) is 34.3 Å². The molecule has 0 bridgehead atoms. The Hall–Kier alpha value is -2.00. The van der Waals surface area contributed by atoms with Gasteiger partial charge in [0.25, 0.3) is 5.91 Å². The SMILES string of the molecule is CCN=C1S/C(=C/c2cc(I)c(OCc3cccc(C)c3)c(OCC)c2)C(=O)N1CC. The Labute approximate surface area is 202 Å². The lowest BCUT2D eigenvalue weighted by Crippen LogP contribution is -2.28. The van der Waals surface area contributed by atoms with Crippen LogP contribution in [0.2, 0.25) is 0 Å². The second-order valence-electron chi connectivity index (χ2n) is 6.96. The van der Waals surface area contributed by atoms with Gasteiger partial charge in [0.2, 0.25) is 0 Å². The predicted octanol–water partition coefficient (Wildman–Crippen LogP) is 5.89. The van der Waals surface area contributed by atoms with Gasteiger partial charge in [0, 0.05) is 13.1 Å². The number of amidine groups is 1. The summed E-state index contributed by atoms with van der Waals surface area (Å²) in [5.74, 6) is 1.39. The number of carbonyl (C=O) groups is 1. The topological polar surface area (TPSA) is 51.1 Å². The molecule has 2 aromatic carbocycles. The lowest BCUT2D eigenvalue weighted by Gasteiger charge is -2.15. The van der Waals surface area contributed by atoms with E-state index >= 15 is 0 Å². The minimum absolute atomic E-state index is 0.00700. The van der Waals surface area contributed by atoms with Crippen LogP contribution in [0.15, 0.2) is 46.3 Å². The van der Waals surface area contributed by atoms with Crippen molar-refractivity contribution >= 4 is 51.5 Å². The quantitative estimate of drug-likeness (QED) is 0.304. The first-order chi connectivity index (χ1) is 15.0. The Bertz CT molecular complexity index is 1020. The van der Waals surface area contributed by atoms with Crippen LogP contribution in [-0.4, -0.2) is 35.7 Å². The van der Waals surface area contributed by atoms with E-state index in [4.69, 9.17) is 9.47 Å². The number of likely N-dealkylation sites (N-methyl/N-ethyl adjacent to an activating group) is 1. The number of amides is 1. The molecule has 2 aromatic rings. The van der Waals surface area contributed by atoms with E-state index in [9.17, 15) is 4.79 Å². The molecule has 1 aliphatic rings. The van der Waals surface area contributed by atoms with Crippen molar-refractivity contribution in [3.63, 3.8) is 0 Å². The second kappa shape index (κ2) is 11.0. The first-order valence-corrected chi connectivity index (χ1v) is 12.3. The maximum atomic E-state index is 12.8. The zero-order valence-electron chi connectivity index (χ0n) is 18.3. The average Bonchev–Trinajstić information content (AvgIpc) is 3.02. The molecule has 0 saturated carbocycles. The zero-order valence-corrected chi connectivity index (χ0v) is 21.2. The summed E-state index contributed by atoms with van der Waals surface area (Å²) in [5.41, 5.74) is 3.22. The van der Waals surface area contributed by atoms with Crippen LogP contribution < -0.4 is 9.47 Å². The Kier molecular flexibility index (Phi) is 8.43. The van der Waals surface area contributed by atoms with E-state index < -0.39 is 0 Å². The van der Waals surface area contributed by atoms with Crippen LogP contribution in [0.4, 0.5) is 0 Å². The molecule has 1 amide bonds. The van der Waals surface area contributed by atoms with E-state index in [-0.39, 0.29) is 5.91 Å². The minimum Gasteiger partial charge on any atom is -0.490 e. The summed E-state index contributed by atoms with van der Waals surface area (Å²) in [5, 5.41) is 0.763. The molecule has 0 unspecified atom stereocenters. The summed E-state index contributed by atoms with van der Waals surface area (Å²) in [6, 6.07) is 12.2. The van der Waals surface area contributed by atoms with Crippen molar-refractivity contribution in [2.24, 2.45) is 4.99 Å². The highest BCUT2D eigenvalue weighted by Gasteiger charge is 2.31. The molecule has 1 aliphatic heterocycles. The summed E-state index contributed by atoms with van der Waals surface area (Å²) in [7, 11) is 0. The van der Waals surface area contributed by atoms with Crippen molar-refractivity contribution in [3.05, 3.63) is 61.6 Å². The number of halogens is 1. The van der Waals surface area contributed by atoms with E-state index in [0.29, 0.717) is 37.0 Å². The minimum atomic E-state index is -0.00700. The van der Waals surface area contributed by atoms with Gasteiger partial charge in [0.15, 0.2) is 16.7 Å². The van der Waals surface area contributed by atoms with Gasteiger partial charge in [-0.05, 0) is 91.4 Å². The van der Waals surface area contributed by atoms with E-state index in [2.05, 4.69) is 52.7 Å². The number of benzene rings is 2. The van der Waals surface area contributed by atoms with Gasteiger partial charge in [-0.25, -0.2) is 0 Å². The highest BCUT2D eigenvalue weighted by Crippen LogP contribution is 2.38. The van der Waals surface area contributed by atoms with Crippen LogP contribution in [0.5, 0.6) is 11.5 Å². The van der Waals surface area contributed by atoms with Crippen LogP contribution >= 0.6 is 34.4 Å². The first kappa shape index (κ1) is 23.7. The lowest BCUT2D eigenvalue weighted by molar-refractivity contribution is -0.122. The van der Waals surface area contributed by atoms with Crippen LogP contribution in [0.3, 0.4) is 0 Å². The number of aliphatic imine (C=N–C) groups is 1. The molecular formula is C24H27IN2O3S. The third kappa shape index (κ3) is 5.83. The summed E-state index contributed by atoms with van der Waals surface area (Å²) >= 11 is 3.68. The molecule has 7 heteroatoms. The number of nitrogens with zero attached hydrogens (tertiary/aromatic N) is 2. The fourth-order valence-corrected chi connectivity index (χ4v) is 5.11. The summed E-state index contributed by atoms with van der Waals surface area (Å²) in [6.45, 7) is 10.2. The highest BCUT2D eigenvalue weighted by atomic mass is 127. The number of thioether (sulfide) groups is 1. The molecule has 0 radical (unpaired) electrons. The Morgan fingerprint density at radius 2 is 1.97 bits per heavy atom. The number of carbonyl (C=O) groups excluding carboxylic acids is 1. The smallest absolute Gasteiger partial charge is 0.266 e. The molecule has 0 spiro atoms. The van der Waals surface area contributed by atoms with E-state index in [1.807, 2.05) is 45.0 Å². The summed E-state index contributed by atoms with van der Waals surface area (Å²) in [6.07, 6.45) is 1.91. The maximum Gasteiger partial charge on any atom is 0.266 e. The summed E-state index contributed by atoms with van der Waals surface area (Å²) < 4.78 is 13.0. The van der Waals surface area contributed by atoms with Crippen LogP contribution in [-0.2, 0) is 11.4 Å². The highest BCUT2D eigenvalue weighted by molar-refractivity contribution is 14.1. The molecule has 5 nitrogen and oxygen atoms in total.